The molecule has 0 fully saturated rings. The first kappa shape index (κ1) is 11.6. The SMILES string of the molecule is Cc1cc(-c2nnc(CN)s2)cc([N+](=O)[O-])c1. The fraction of sp³-hybridized carbons (Fsp3) is 0.200. The Labute approximate surface area is 101 Å². The number of hydrogen-bond donors (Lipinski definition) is 1. The van der Waals surface area contributed by atoms with Crippen LogP contribution in [0.15, 0.2) is 18.2 Å². The molecule has 88 valence electrons. The molecular weight excluding hydrogens is 240 g/mol. The van der Waals surface area contributed by atoms with Gasteiger partial charge < -0.3 is 5.73 Å². The molecule has 2 aromatic rings. The van der Waals surface area contributed by atoms with Gasteiger partial charge in [0.05, 0.1) is 4.92 Å². The van der Waals surface area contributed by atoms with Crippen LogP contribution in [-0.2, 0) is 6.54 Å². The Morgan fingerprint density at radius 1 is 1.41 bits per heavy atom. The van der Waals surface area contributed by atoms with Crippen LogP contribution in [0, 0.1) is 17.0 Å². The van der Waals surface area contributed by atoms with E-state index >= 15 is 0 Å². The van der Waals surface area contributed by atoms with Gasteiger partial charge in [0, 0.05) is 24.2 Å². The van der Waals surface area contributed by atoms with Gasteiger partial charge in [-0.2, -0.15) is 0 Å². The number of nitro groups is 1. The Morgan fingerprint density at radius 2 is 2.18 bits per heavy atom. The number of nitrogens with two attached hydrogens (primary N) is 1. The van der Waals surface area contributed by atoms with Crippen LogP contribution in [0.2, 0.25) is 0 Å². The topological polar surface area (TPSA) is 94.9 Å². The molecule has 0 unspecified atom stereocenters. The summed E-state index contributed by atoms with van der Waals surface area (Å²) in [7, 11) is 0. The van der Waals surface area contributed by atoms with Crippen LogP contribution in [-0.4, -0.2) is 15.1 Å². The lowest BCUT2D eigenvalue weighted by Gasteiger charge is -1.98. The fourth-order valence-corrected chi connectivity index (χ4v) is 2.15. The first-order valence-corrected chi connectivity index (χ1v) is 5.70. The minimum Gasteiger partial charge on any atom is -0.324 e. The van der Waals surface area contributed by atoms with Crippen molar-refractivity contribution in [3.8, 4) is 10.6 Å². The largest absolute Gasteiger partial charge is 0.324 e. The maximum absolute atomic E-state index is 10.8. The second kappa shape index (κ2) is 4.56. The molecule has 0 radical (unpaired) electrons. The zero-order valence-corrected chi connectivity index (χ0v) is 9.90. The Balaban J connectivity index is 2.47. The van der Waals surface area contributed by atoms with Gasteiger partial charge in [-0.05, 0) is 18.6 Å². The van der Waals surface area contributed by atoms with Crippen molar-refractivity contribution in [1.82, 2.24) is 10.2 Å². The monoisotopic (exact) mass is 250 g/mol. The summed E-state index contributed by atoms with van der Waals surface area (Å²) in [6.07, 6.45) is 0. The predicted molar refractivity (Wildman–Crippen MR) is 64.6 cm³/mol. The van der Waals surface area contributed by atoms with Crippen molar-refractivity contribution >= 4 is 17.0 Å². The number of rotatable bonds is 3. The molecule has 0 aliphatic carbocycles. The molecule has 7 heteroatoms. The van der Waals surface area contributed by atoms with E-state index in [1.807, 2.05) is 6.07 Å². The van der Waals surface area contributed by atoms with E-state index in [0.717, 1.165) is 5.56 Å². The molecule has 0 aliphatic rings. The van der Waals surface area contributed by atoms with Gasteiger partial charge in [-0.15, -0.1) is 10.2 Å². The zero-order chi connectivity index (χ0) is 12.4. The highest BCUT2D eigenvalue weighted by Crippen LogP contribution is 2.28. The maximum atomic E-state index is 10.8. The minimum absolute atomic E-state index is 0.0597. The fourth-order valence-electron chi connectivity index (χ4n) is 1.44. The van der Waals surface area contributed by atoms with E-state index in [4.69, 9.17) is 5.73 Å². The Hall–Kier alpha value is -1.86. The molecule has 0 aliphatic heterocycles. The third-order valence-electron chi connectivity index (χ3n) is 2.16. The molecule has 0 saturated carbocycles. The van der Waals surface area contributed by atoms with Crippen molar-refractivity contribution in [1.29, 1.82) is 0 Å². The lowest BCUT2D eigenvalue weighted by atomic mass is 10.1. The number of nitrogens with zero attached hydrogens (tertiary/aromatic N) is 3. The molecule has 1 aromatic heterocycles. The van der Waals surface area contributed by atoms with Crippen LogP contribution in [0.4, 0.5) is 5.69 Å². The summed E-state index contributed by atoms with van der Waals surface area (Å²) in [6.45, 7) is 2.13. The third kappa shape index (κ3) is 2.45. The highest BCUT2D eigenvalue weighted by molar-refractivity contribution is 7.14. The third-order valence-corrected chi connectivity index (χ3v) is 3.16. The molecule has 0 spiro atoms. The summed E-state index contributed by atoms with van der Waals surface area (Å²) < 4.78 is 0. The molecule has 0 saturated heterocycles. The second-order valence-electron chi connectivity index (χ2n) is 3.52. The summed E-state index contributed by atoms with van der Waals surface area (Å²) in [6, 6.07) is 4.86. The van der Waals surface area contributed by atoms with E-state index in [2.05, 4.69) is 10.2 Å². The molecule has 0 atom stereocenters. The number of benzene rings is 1. The van der Waals surface area contributed by atoms with E-state index in [1.54, 1.807) is 6.92 Å². The Kier molecular flexibility index (Phi) is 3.12. The number of non-ortho nitro benzene ring substituents is 1. The van der Waals surface area contributed by atoms with Gasteiger partial charge in [0.1, 0.15) is 10.0 Å². The Bertz CT molecular complexity index is 567. The molecule has 1 heterocycles. The smallest absolute Gasteiger partial charge is 0.270 e. The van der Waals surface area contributed by atoms with Crippen LogP contribution in [0.5, 0.6) is 0 Å². The van der Waals surface area contributed by atoms with Crippen LogP contribution >= 0.6 is 11.3 Å². The van der Waals surface area contributed by atoms with Gasteiger partial charge in [0.25, 0.3) is 5.69 Å². The first-order valence-electron chi connectivity index (χ1n) is 4.89. The van der Waals surface area contributed by atoms with Gasteiger partial charge >= 0.3 is 0 Å². The molecule has 0 bridgehead atoms. The summed E-state index contributed by atoms with van der Waals surface area (Å²) in [5, 5.41) is 20.0. The van der Waals surface area contributed by atoms with Crippen molar-refractivity contribution in [2.75, 3.05) is 0 Å². The number of aromatic nitrogens is 2. The molecule has 6 nitrogen and oxygen atoms in total. The van der Waals surface area contributed by atoms with Crippen molar-refractivity contribution in [3.63, 3.8) is 0 Å². The summed E-state index contributed by atoms with van der Waals surface area (Å²) >= 11 is 1.35. The van der Waals surface area contributed by atoms with Crippen LogP contribution in [0.25, 0.3) is 10.6 Å². The summed E-state index contributed by atoms with van der Waals surface area (Å²) in [4.78, 5) is 10.3. The maximum Gasteiger partial charge on any atom is 0.270 e. The van der Waals surface area contributed by atoms with Gasteiger partial charge in [-0.1, -0.05) is 11.3 Å². The highest BCUT2D eigenvalue weighted by Gasteiger charge is 2.12. The second-order valence-corrected chi connectivity index (χ2v) is 4.58. The molecule has 1 aromatic carbocycles. The lowest BCUT2D eigenvalue weighted by molar-refractivity contribution is -0.384. The lowest BCUT2D eigenvalue weighted by Crippen LogP contribution is -1.94. The van der Waals surface area contributed by atoms with Gasteiger partial charge in [0.2, 0.25) is 0 Å². The van der Waals surface area contributed by atoms with Gasteiger partial charge in [-0.25, -0.2) is 0 Å². The Morgan fingerprint density at radius 3 is 2.76 bits per heavy atom. The molecule has 0 amide bonds. The first-order chi connectivity index (χ1) is 8.10. The summed E-state index contributed by atoms with van der Waals surface area (Å²) in [5.74, 6) is 0. The van der Waals surface area contributed by atoms with Gasteiger partial charge in [0.15, 0.2) is 0 Å². The quantitative estimate of drug-likeness (QED) is 0.662. The average molecular weight is 250 g/mol. The molecule has 17 heavy (non-hydrogen) atoms. The van der Waals surface area contributed by atoms with Crippen LogP contribution in [0.3, 0.4) is 0 Å². The van der Waals surface area contributed by atoms with Crippen LogP contribution in [0.1, 0.15) is 10.6 Å². The number of aryl methyl sites for hydroxylation is 1. The summed E-state index contributed by atoms with van der Waals surface area (Å²) in [5.41, 5.74) is 7.03. The van der Waals surface area contributed by atoms with E-state index in [-0.39, 0.29) is 5.69 Å². The van der Waals surface area contributed by atoms with E-state index in [1.165, 1.54) is 23.5 Å². The van der Waals surface area contributed by atoms with Crippen LogP contribution < -0.4 is 5.73 Å². The van der Waals surface area contributed by atoms with Crippen molar-refractivity contribution in [3.05, 3.63) is 38.9 Å². The highest BCUT2D eigenvalue weighted by atomic mass is 32.1. The zero-order valence-electron chi connectivity index (χ0n) is 9.08. The van der Waals surface area contributed by atoms with Crippen molar-refractivity contribution in [2.45, 2.75) is 13.5 Å². The standard InChI is InChI=1S/C10H10N4O2S/c1-6-2-7(4-8(3-6)14(15)16)10-13-12-9(5-11)17-10/h2-4H,5,11H2,1H3. The average Bonchev–Trinajstić information content (AvgIpc) is 2.76. The molecule has 2 N–H and O–H groups in total. The number of nitro benzene ring substituents is 1. The van der Waals surface area contributed by atoms with E-state index in [9.17, 15) is 10.1 Å². The molecule has 2 rings (SSSR count). The van der Waals surface area contributed by atoms with E-state index < -0.39 is 4.92 Å². The molecular formula is C10H10N4O2S. The van der Waals surface area contributed by atoms with Crippen molar-refractivity contribution in [2.24, 2.45) is 5.73 Å². The normalized spacial score (nSPS) is 10.5. The number of hydrogen-bond acceptors (Lipinski definition) is 6. The predicted octanol–water partition coefficient (Wildman–Crippen LogP) is 1.88. The van der Waals surface area contributed by atoms with Gasteiger partial charge in [-0.3, -0.25) is 10.1 Å². The van der Waals surface area contributed by atoms with Crippen molar-refractivity contribution < 1.29 is 4.92 Å². The minimum atomic E-state index is -0.415. The van der Waals surface area contributed by atoms with E-state index in [0.29, 0.717) is 22.1 Å².